The highest BCUT2D eigenvalue weighted by Gasteiger charge is 2.31. The van der Waals surface area contributed by atoms with Crippen LogP contribution in [0.5, 0.6) is 0 Å². The van der Waals surface area contributed by atoms with Crippen molar-refractivity contribution in [3.63, 3.8) is 0 Å². The number of nitrogens with zero attached hydrogens (tertiary/aromatic N) is 2. The van der Waals surface area contributed by atoms with Gasteiger partial charge in [0.05, 0.1) is 12.3 Å². The summed E-state index contributed by atoms with van der Waals surface area (Å²) in [6, 6.07) is 0. The molecule has 2 unspecified atom stereocenters. The minimum absolute atomic E-state index is 0.200. The Morgan fingerprint density at radius 1 is 1.40 bits per heavy atom. The van der Waals surface area contributed by atoms with Crippen molar-refractivity contribution in [1.82, 2.24) is 15.2 Å². The second-order valence-corrected chi connectivity index (χ2v) is 6.14. The third-order valence-corrected chi connectivity index (χ3v) is 4.35. The zero-order valence-corrected chi connectivity index (χ0v) is 15.2. The third kappa shape index (κ3) is 6.91. The fraction of sp³-hybridized carbons (Fsp3) is 0.556. The quantitative estimate of drug-likeness (QED) is 0.530. The van der Waals surface area contributed by atoms with E-state index < -0.39 is 11.9 Å². The lowest BCUT2D eigenvalue weighted by Gasteiger charge is -2.26. The van der Waals surface area contributed by atoms with Crippen molar-refractivity contribution in [2.45, 2.75) is 52.9 Å². The Labute approximate surface area is 148 Å². The molecular formula is C18H28N4O3. The molecule has 1 heterocycles. The molecule has 0 saturated heterocycles. The summed E-state index contributed by atoms with van der Waals surface area (Å²) >= 11 is 0. The number of aromatic amines is 1. The van der Waals surface area contributed by atoms with Crippen LogP contribution >= 0.6 is 0 Å². The summed E-state index contributed by atoms with van der Waals surface area (Å²) < 4.78 is 0. The lowest BCUT2D eigenvalue weighted by atomic mass is 9.80. The first-order valence-electron chi connectivity index (χ1n) is 8.60. The number of carboxylic acid groups (broad SMARTS) is 1. The SMILES string of the molecule is C=C(CCC=C(C)CC)C(CC)C(CC(=O)O)C(=O)Nc1ncn[nH]1. The average molecular weight is 348 g/mol. The predicted octanol–water partition coefficient (Wildman–Crippen LogP) is 3.55. The van der Waals surface area contributed by atoms with Crippen LogP contribution in [0.15, 0.2) is 30.1 Å². The number of carbonyl (C=O) groups is 2. The molecule has 0 radical (unpaired) electrons. The molecule has 1 aromatic rings. The van der Waals surface area contributed by atoms with E-state index in [-0.39, 0.29) is 24.2 Å². The molecule has 2 atom stereocenters. The second kappa shape index (κ2) is 10.4. The molecule has 1 aromatic heterocycles. The molecule has 0 aliphatic carbocycles. The van der Waals surface area contributed by atoms with Crippen molar-refractivity contribution in [3.05, 3.63) is 30.1 Å². The molecule has 138 valence electrons. The van der Waals surface area contributed by atoms with Crippen LogP contribution in [0.3, 0.4) is 0 Å². The van der Waals surface area contributed by atoms with Gasteiger partial charge in [0.1, 0.15) is 6.33 Å². The molecule has 25 heavy (non-hydrogen) atoms. The molecule has 0 saturated carbocycles. The highest BCUT2D eigenvalue weighted by molar-refractivity contribution is 5.93. The van der Waals surface area contributed by atoms with E-state index in [9.17, 15) is 14.7 Å². The molecule has 0 aliphatic heterocycles. The number of carboxylic acids is 1. The van der Waals surface area contributed by atoms with E-state index in [1.807, 2.05) is 6.92 Å². The Morgan fingerprint density at radius 2 is 2.12 bits per heavy atom. The minimum Gasteiger partial charge on any atom is -0.481 e. The summed E-state index contributed by atoms with van der Waals surface area (Å²) in [5.74, 6) is -2.08. The first kappa shape index (κ1) is 20.6. The van der Waals surface area contributed by atoms with Crippen LogP contribution < -0.4 is 5.32 Å². The van der Waals surface area contributed by atoms with Gasteiger partial charge in [-0.3, -0.25) is 14.9 Å². The van der Waals surface area contributed by atoms with Gasteiger partial charge in [0.15, 0.2) is 0 Å². The van der Waals surface area contributed by atoms with Gasteiger partial charge >= 0.3 is 5.97 Å². The van der Waals surface area contributed by atoms with Crippen molar-refractivity contribution < 1.29 is 14.7 Å². The summed E-state index contributed by atoms with van der Waals surface area (Å²) in [5, 5.41) is 18.0. The fourth-order valence-electron chi connectivity index (χ4n) is 2.77. The van der Waals surface area contributed by atoms with Crippen molar-refractivity contribution in [3.8, 4) is 0 Å². The molecule has 7 heteroatoms. The van der Waals surface area contributed by atoms with Crippen LogP contribution in [0.25, 0.3) is 0 Å². The van der Waals surface area contributed by atoms with Crippen molar-refractivity contribution >= 4 is 17.8 Å². The van der Waals surface area contributed by atoms with E-state index >= 15 is 0 Å². The zero-order chi connectivity index (χ0) is 18.8. The number of hydrogen-bond acceptors (Lipinski definition) is 4. The van der Waals surface area contributed by atoms with E-state index in [4.69, 9.17) is 0 Å². The monoisotopic (exact) mass is 348 g/mol. The predicted molar refractivity (Wildman–Crippen MR) is 97.0 cm³/mol. The molecule has 3 N–H and O–H groups in total. The number of aromatic nitrogens is 3. The third-order valence-electron chi connectivity index (χ3n) is 4.35. The number of amides is 1. The van der Waals surface area contributed by atoms with Crippen LogP contribution in [0.2, 0.25) is 0 Å². The average Bonchev–Trinajstić information content (AvgIpc) is 3.06. The number of anilines is 1. The Morgan fingerprint density at radius 3 is 2.64 bits per heavy atom. The van der Waals surface area contributed by atoms with E-state index in [0.717, 1.165) is 24.8 Å². The standard InChI is InChI=1S/C18H28N4O3/c1-5-12(3)8-7-9-13(4)14(6-2)15(10-16(23)24)17(25)21-18-19-11-20-22-18/h8,11,14-15H,4-7,9-10H2,1-3H3,(H,23,24)(H2,19,20,21,22,25). The maximum atomic E-state index is 12.6. The fourth-order valence-corrected chi connectivity index (χ4v) is 2.77. The van der Waals surface area contributed by atoms with E-state index in [2.05, 4.69) is 47.0 Å². The van der Waals surface area contributed by atoms with Gasteiger partial charge in [0.2, 0.25) is 11.9 Å². The molecular weight excluding hydrogens is 320 g/mol. The maximum absolute atomic E-state index is 12.6. The number of nitrogens with one attached hydrogen (secondary N) is 2. The highest BCUT2D eigenvalue weighted by atomic mass is 16.4. The molecule has 0 aromatic carbocycles. The first-order valence-corrected chi connectivity index (χ1v) is 8.60. The Hall–Kier alpha value is -2.44. The number of allylic oxidation sites excluding steroid dienone is 3. The molecule has 0 bridgehead atoms. The number of rotatable bonds is 11. The number of carbonyl (C=O) groups excluding carboxylic acids is 1. The van der Waals surface area contributed by atoms with Crippen LogP contribution in [0.4, 0.5) is 5.95 Å². The number of hydrogen-bond donors (Lipinski definition) is 3. The van der Waals surface area contributed by atoms with Crippen molar-refractivity contribution in [1.29, 1.82) is 0 Å². The van der Waals surface area contributed by atoms with E-state index in [0.29, 0.717) is 6.42 Å². The van der Waals surface area contributed by atoms with Crippen LogP contribution in [-0.4, -0.2) is 32.2 Å². The molecule has 0 aliphatic rings. The van der Waals surface area contributed by atoms with Gasteiger partial charge in [-0.2, -0.15) is 10.1 Å². The summed E-state index contributed by atoms with van der Waals surface area (Å²) in [5.41, 5.74) is 2.22. The van der Waals surface area contributed by atoms with E-state index in [1.165, 1.54) is 11.9 Å². The largest absolute Gasteiger partial charge is 0.481 e. The van der Waals surface area contributed by atoms with Gasteiger partial charge in [0.25, 0.3) is 0 Å². The molecule has 1 rings (SSSR count). The van der Waals surface area contributed by atoms with Gasteiger partial charge in [-0.1, -0.05) is 37.6 Å². The number of aliphatic carboxylic acids is 1. The van der Waals surface area contributed by atoms with E-state index in [1.54, 1.807) is 0 Å². The first-order chi connectivity index (χ1) is 11.9. The summed E-state index contributed by atoms with van der Waals surface area (Å²) in [7, 11) is 0. The lowest BCUT2D eigenvalue weighted by molar-refractivity contribution is -0.141. The van der Waals surface area contributed by atoms with Gasteiger partial charge in [-0.05, 0) is 38.5 Å². The molecule has 7 nitrogen and oxygen atoms in total. The Balaban J connectivity index is 2.83. The van der Waals surface area contributed by atoms with Crippen LogP contribution in [0.1, 0.15) is 52.9 Å². The zero-order valence-electron chi connectivity index (χ0n) is 15.2. The molecule has 0 fully saturated rings. The van der Waals surface area contributed by atoms with Crippen LogP contribution in [-0.2, 0) is 9.59 Å². The smallest absolute Gasteiger partial charge is 0.304 e. The second-order valence-electron chi connectivity index (χ2n) is 6.14. The van der Waals surface area contributed by atoms with Gasteiger partial charge in [0, 0.05) is 0 Å². The molecule has 0 spiro atoms. The Kier molecular flexibility index (Phi) is 8.60. The minimum atomic E-state index is -1.01. The lowest BCUT2D eigenvalue weighted by Crippen LogP contribution is -2.32. The summed E-state index contributed by atoms with van der Waals surface area (Å²) in [4.78, 5) is 27.7. The topological polar surface area (TPSA) is 108 Å². The molecule has 1 amide bonds. The van der Waals surface area contributed by atoms with Gasteiger partial charge in [-0.25, -0.2) is 5.10 Å². The van der Waals surface area contributed by atoms with Gasteiger partial charge in [-0.15, -0.1) is 0 Å². The normalized spacial score (nSPS) is 14.0. The number of H-pyrrole nitrogens is 1. The van der Waals surface area contributed by atoms with Crippen molar-refractivity contribution in [2.24, 2.45) is 11.8 Å². The van der Waals surface area contributed by atoms with Crippen LogP contribution in [0, 0.1) is 11.8 Å². The summed E-state index contributed by atoms with van der Waals surface area (Å²) in [6.07, 6.45) is 6.43. The van der Waals surface area contributed by atoms with Gasteiger partial charge < -0.3 is 5.11 Å². The Bertz CT molecular complexity index is 608. The highest BCUT2D eigenvalue weighted by Crippen LogP contribution is 2.30. The maximum Gasteiger partial charge on any atom is 0.304 e. The summed E-state index contributed by atoms with van der Waals surface area (Å²) in [6.45, 7) is 10.2. The van der Waals surface area contributed by atoms with Crippen molar-refractivity contribution in [2.75, 3.05) is 5.32 Å².